The molecule has 1 aliphatic rings. The van der Waals surface area contributed by atoms with Crippen molar-refractivity contribution in [2.24, 2.45) is 0 Å². The van der Waals surface area contributed by atoms with E-state index in [-0.39, 0.29) is 11.5 Å². The zero-order valence-electron chi connectivity index (χ0n) is 18.1. The van der Waals surface area contributed by atoms with E-state index in [1.165, 1.54) is 4.90 Å². The van der Waals surface area contributed by atoms with Crippen LogP contribution in [0.2, 0.25) is 0 Å². The second-order valence-corrected chi connectivity index (χ2v) is 10.3. The fourth-order valence-corrected chi connectivity index (χ4v) is 5.79. The van der Waals surface area contributed by atoms with Crippen molar-refractivity contribution in [3.05, 3.63) is 102 Å². The van der Waals surface area contributed by atoms with Crippen LogP contribution in [0.1, 0.15) is 27.9 Å². The highest BCUT2D eigenvalue weighted by Gasteiger charge is 2.35. The van der Waals surface area contributed by atoms with Crippen LogP contribution in [0.15, 0.2) is 84.9 Å². The Kier molecular flexibility index (Phi) is 6.89. The predicted octanol–water partition coefficient (Wildman–Crippen LogP) is 3.65. The summed E-state index contributed by atoms with van der Waals surface area (Å²) >= 11 is 0. The van der Waals surface area contributed by atoms with Gasteiger partial charge in [-0.25, -0.2) is 13.2 Å². The molecule has 170 valence electrons. The van der Waals surface area contributed by atoms with Crippen LogP contribution in [-0.4, -0.2) is 44.4 Å². The minimum absolute atomic E-state index is 0.0426. The van der Waals surface area contributed by atoms with Gasteiger partial charge in [-0.15, -0.1) is 0 Å². The van der Waals surface area contributed by atoms with Crippen LogP contribution in [0.4, 0.5) is 5.69 Å². The van der Waals surface area contributed by atoms with Gasteiger partial charge in [0.1, 0.15) is 0 Å². The van der Waals surface area contributed by atoms with Gasteiger partial charge >= 0.3 is 5.97 Å². The van der Waals surface area contributed by atoms with Crippen LogP contribution < -0.4 is 4.90 Å². The summed E-state index contributed by atoms with van der Waals surface area (Å²) in [5.74, 6) is -1.08. The van der Waals surface area contributed by atoms with Crippen LogP contribution in [0.3, 0.4) is 0 Å². The molecular formula is C26H25NO5S. The molecule has 0 N–H and O–H groups in total. The average molecular weight is 464 g/mol. The third-order valence-electron chi connectivity index (χ3n) is 5.68. The molecule has 1 unspecified atom stereocenters. The van der Waals surface area contributed by atoms with E-state index < -0.39 is 34.4 Å². The Bertz CT molecular complexity index is 1230. The maximum absolute atomic E-state index is 13.1. The Morgan fingerprint density at radius 2 is 1.52 bits per heavy atom. The number of rotatable bonds is 7. The number of carbonyl (C=O) groups excluding carboxylic acids is 2. The molecule has 1 aliphatic heterocycles. The van der Waals surface area contributed by atoms with Crippen LogP contribution >= 0.6 is 0 Å². The van der Waals surface area contributed by atoms with E-state index in [4.69, 9.17) is 4.74 Å². The van der Waals surface area contributed by atoms with E-state index in [1.807, 2.05) is 48.5 Å². The first-order valence-electron chi connectivity index (χ1n) is 10.8. The molecule has 0 saturated carbocycles. The van der Waals surface area contributed by atoms with E-state index in [9.17, 15) is 18.0 Å². The molecule has 1 atom stereocenters. The lowest BCUT2D eigenvalue weighted by Gasteiger charge is -2.28. The number of hydrogen-bond donors (Lipinski definition) is 0. The van der Waals surface area contributed by atoms with Crippen molar-refractivity contribution in [1.29, 1.82) is 0 Å². The minimum atomic E-state index is -3.19. The summed E-state index contributed by atoms with van der Waals surface area (Å²) < 4.78 is 29.4. The van der Waals surface area contributed by atoms with Crippen molar-refractivity contribution in [3.8, 4) is 0 Å². The molecular weight excluding hydrogens is 438 g/mol. The molecule has 0 spiro atoms. The molecule has 0 aromatic heterocycles. The summed E-state index contributed by atoms with van der Waals surface area (Å²) in [6.07, 6.45) is 0.924. The first kappa shape index (κ1) is 22.7. The smallest absolute Gasteiger partial charge is 0.338 e. The number of para-hydroxylation sites is 1. The van der Waals surface area contributed by atoms with Gasteiger partial charge in [-0.3, -0.25) is 4.79 Å². The fourth-order valence-electron chi connectivity index (χ4n) is 4.09. The van der Waals surface area contributed by atoms with Crippen molar-refractivity contribution in [2.75, 3.05) is 23.0 Å². The summed E-state index contributed by atoms with van der Waals surface area (Å²) in [4.78, 5) is 27.4. The predicted molar refractivity (Wildman–Crippen MR) is 127 cm³/mol. The lowest BCUT2D eigenvalue weighted by molar-refractivity contribution is -0.122. The number of ether oxygens (including phenoxy) is 1. The van der Waals surface area contributed by atoms with Gasteiger partial charge in [0.2, 0.25) is 0 Å². The molecule has 1 saturated heterocycles. The van der Waals surface area contributed by atoms with E-state index in [1.54, 1.807) is 36.4 Å². The SMILES string of the molecule is O=C(OCC(=O)N(c1ccccc1)C1CCS(=O)(=O)C1)c1ccccc1Cc1ccccc1. The number of amides is 1. The quantitative estimate of drug-likeness (QED) is 0.500. The van der Waals surface area contributed by atoms with Gasteiger partial charge in [0.25, 0.3) is 5.91 Å². The monoisotopic (exact) mass is 463 g/mol. The highest BCUT2D eigenvalue weighted by atomic mass is 32.2. The Balaban J connectivity index is 1.48. The number of carbonyl (C=O) groups is 2. The molecule has 6 nitrogen and oxygen atoms in total. The van der Waals surface area contributed by atoms with Crippen molar-refractivity contribution in [3.63, 3.8) is 0 Å². The van der Waals surface area contributed by atoms with Crippen LogP contribution in [-0.2, 0) is 25.8 Å². The van der Waals surface area contributed by atoms with Gasteiger partial charge in [-0.1, -0.05) is 66.7 Å². The van der Waals surface area contributed by atoms with Crippen molar-refractivity contribution < 1.29 is 22.7 Å². The van der Waals surface area contributed by atoms with Gasteiger partial charge in [-0.2, -0.15) is 0 Å². The van der Waals surface area contributed by atoms with E-state index >= 15 is 0 Å². The Morgan fingerprint density at radius 1 is 0.879 bits per heavy atom. The summed E-state index contributed by atoms with van der Waals surface area (Å²) in [6, 6.07) is 25.4. The first-order valence-corrected chi connectivity index (χ1v) is 12.6. The highest BCUT2D eigenvalue weighted by Crippen LogP contribution is 2.25. The summed E-state index contributed by atoms with van der Waals surface area (Å²) in [6.45, 7) is -0.468. The Hall–Kier alpha value is -3.45. The number of hydrogen-bond acceptors (Lipinski definition) is 5. The third-order valence-corrected chi connectivity index (χ3v) is 7.43. The molecule has 4 rings (SSSR count). The van der Waals surface area contributed by atoms with Gasteiger partial charge < -0.3 is 9.64 Å². The largest absolute Gasteiger partial charge is 0.452 e. The first-order chi connectivity index (χ1) is 15.9. The van der Waals surface area contributed by atoms with Crippen LogP contribution in [0.25, 0.3) is 0 Å². The lowest BCUT2D eigenvalue weighted by atomic mass is 10.00. The number of sulfone groups is 1. The number of anilines is 1. The van der Waals surface area contributed by atoms with Gasteiger partial charge in [0, 0.05) is 5.69 Å². The topological polar surface area (TPSA) is 80.8 Å². The molecule has 0 aliphatic carbocycles. The van der Waals surface area contributed by atoms with E-state index in [0.717, 1.165) is 11.1 Å². The molecule has 33 heavy (non-hydrogen) atoms. The summed E-state index contributed by atoms with van der Waals surface area (Å²) in [5, 5.41) is 0. The second-order valence-electron chi connectivity index (χ2n) is 8.05. The molecule has 0 radical (unpaired) electrons. The summed E-state index contributed by atoms with van der Waals surface area (Å²) in [5.41, 5.74) is 2.86. The highest BCUT2D eigenvalue weighted by molar-refractivity contribution is 7.91. The molecule has 0 bridgehead atoms. The average Bonchev–Trinajstić information content (AvgIpc) is 3.18. The number of esters is 1. The van der Waals surface area contributed by atoms with Crippen molar-refractivity contribution in [2.45, 2.75) is 18.9 Å². The maximum atomic E-state index is 13.1. The Labute approximate surface area is 193 Å². The number of benzene rings is 3. The van der Waals surface area contributed by atoms with Crippen LogP contribution in [0, 0.1) is 0 Å². The standard InChI is InChI=1S/C26H25NO5S/c28-25(27(22-12-5-2-6-13-22)23-15-16-33(30,31)19-23)18-32-26(29)24-14-8-7-11-21(24)17-20-9-3-1-4-10-20/h1-14,23H,15-19H2. The maximum Gasteiger partial charge on any atom is 0.338 e. The second kappa shape index (κ2) is 10.0. The Morgan fingerprint density at radius 3 is 2.18 bits per heavy atom. The van der Waals surface area contributed by atoms with Crippen LogP contribution in [0.5, 0.6) is 0 Å². The normalized spacial score (nSPS) is 16.8. The molecule has 3 aromatic carbocycles. The van der Waals surface area contributed by atoms with E-state index in [2.05, 4.69) is 0 Å². The molecule has 1 heterocycles. The summed E-state index contributed by atoms with van der Waals surface area (Å²) in [7, 11) is -3.19. The molecule has 1 fully saturated rings. The zero-order chi connectivity index (χ0) is 23.3. The zero-order valence-corrected chi connectivity index (χ0v) is 18.9. The van der Waals surface area contributed by atoms with Crippen molar-refractivity contribution >= 4 is 27.4 Å². The minimum Gasteiger partial charge on any atom is -0.452 e. The van der Waals surface area contributed by atoms with E-state index in [0.29, 0.717) is 24.1 Å². The lowest BCUT2D eigenvalue weighted by Crippen LogP contribution is -2.43. The van der Waals surface area contributed by atoms with Gasteiger partial charge in [0.15, 0.2) is 16.4 Å². The molecule has 1 amide bonds. The van der Waals surface area contributed by atoms with Crippen molar-refractivity contribution in [1.82, 2.24) is 0 Å². The van der Waals surface area contributed by atoms with Gasteiger partial charge in [-0.05, 0) is 42.2 Å². The molecule has 3 aromatic rings. The number of nitrogens with zero attached hydrogens (tertiary/aromatic N) is 1. The fraction of sp³-hybridized carbons (Fsp3) is 0.231. The van der Waals surface area contributed by atoms with Gasteiger partial charge in [0.05, 0.1) is 23.1 Å². The third kappa shape index (κ3) is 5.68. The molecule has 7 heteroatoms.